The molecular weight excluding hydrogens is 322 g/mol. The SMILES string of the molecule is Cn1nccc1S(=O)(=O)N1CCCC1Cc1ccccc1Cl. The first-order valence-corrected chi connectivity index (χ1v) is 9.05. The van der Waals surface area contributed by atoms with E-state index in [1.165, 1.54) is 10.9 Å². The molecule has 1 aliphatic heterocycles. The molecule has 0 amide bonds. The molecule has 22 heavy (non-hydrogen) atoms. The van der Waals surface area contributed by atoms with E-state index < -0.39 is 10.0 Å². The van der Waals surface area contributed by atoms with Crippen molar-refractivity contribution in [2.24, 2.45) is 7.05 Å². The number of halogens is 1. The molecule has 7 heteroatoms. The van der Waals surface area contributed by atoms with Gasteiger partial charge in [-0.25, -0.2) is 8.42 Å². The van der Waals surface area contributed by atoms with E-state index in [1.807, 2.05) is 24.3 Å². The van der Waals surface area contributed by atoms with Crippen molar-refractivity contribution < 1.29 is 8.42 Å². The third-order valence-corrected chi connectivity index (χ3v) is 6.48. The first-order chi connectivity index (χ1) is 10.5. The van der Waals surface area contributed by atoms with Crippen LogP contribution in [0.5, 0.6) is 0 Å². The number of benzene rings is 1. The summed E-state index contributed by atoms with van der Waals surface area (Å²) in [5, 5.41) is 4.89. The maximum Gasteiger partial charge on any atom is 0.260 e. The van der Waals surface area contributed by atoms with Crippen LogP contribution >= 0.6 is 11.6 Å². The number of hydrogen-bond acceptors (Lipinski definition) is 3. The number of sulfonamides is 1. The molecule has 2 heterocycles. The smallest absolute Gasteiger partial charge is 0.256 e. The normalized spacial score (nSPS) is 19.6. The quantitative estimate of drug-likeness (QED) is 0.859. The lowest BCUT2D eigenvalue weighted by Gasteiger charge is -2.24. The molecular formula is C15H18ClN3O2S. The maximum atomic E-state index is 12.8. The van der Waals surface area contributed by atoms with Crippen molar-refractivity contribution in [3.05, 3.63) is 47.1 Å². The van der Waals surface area contributed by atoms with Crippen molar-refractivity contribution in [2.45, 2.75) is 30.3 Å². The van der Waals surface area contributed by atoms with Crippen molar-refractivity contribution in [3.8, 4) is 0 Å². The van der Waals surface area contributed by atoms with Crippen molar-refractivity contribution in [2.75, 3.05) is 6.54 Å². The van der Waals surface area contributed by atoms with Gasteiger partial charge in [0.15, 0.2) is 5.03 Å². The maximum absolute atomic E-state index is 12.8. The molecule has 0 bridgehead atoms. The molecule has 0 saturated carbocycles. The third-order valence-electron chi connectivity index (χ3n) is 4.09. The largest absolute Gasteiger partial charge is 0.260 e. The zero-order valence-electron chi connectivity index (χ0n) is 12.3. The minimum absolute atomic E-state index is 0.0557. The topological polar surface area (TPSA) is 55.2 Å². The van der Waals surface area contributed by atoms with Gasteiger partial charge in [-0.15, -0.1) is 0 Å². The fourth-order valence-electron chi connectivity index (χ4n) is 2.98. The summed E-state index contributed by atoms with van der Waals surface area (Å²) in [5.41, 5.74) is 0.987. The van der Waals surface area contributed by atoms with Crippen molar-refractivity contribution >= 4 is 21.6 Å². The fourth-order valence-corrected chi connectivity index (χ4v) is 4.99. The first kappa shape index (κ1) is 15.5. The lowest BCUT2D eigenvalue weighted by molar-refractivity contribution is 0.381. The first-order valence-electron chi connectivity index (χ1n) is 7.23. The Kier molecular flexibility index (Phi) is 4.25. The van der Waals surface area contributed by atoms with Crippen molar-refractivity contribution in [1.29, 1.82) is 0 Å². The van der Waals surface area contributed by atoms with Gasteiger partial charge in [0, 0.05) is 24.7 Å². The second-order valence-electron chi connectivity index (χ2n) is 5.50. The number of nitrogens with zero attached hydrogens (tertiary/aromatic N) is 3. The minimum atomic E-state index is -3.52. The summed E-state index contributed by atoms with van der Waals surface area (Å²) in [7, 11) is -1.87. The lowest BCUT2D eigenvalue weighted by Crippen LogP contribution is -2.37. The van der Waals surface area contributed by atoms with Crippen LogP contribution in [0.25, 0.3) is 0 Å². The van der Waals surface area contributed by atoms with E-state index in [2.05, 4.69) is 5.10 Å². The zero-order chi connectivity index (χ0) is 15.7. The average molecular weight is 340 g/mol. The number of aromatic nitrogens is 2. The number of hydrogen-bond donors (Lipinski definition) is 0. The van der Waals surface area contributed by atoms with Gasteiger partial charge in [-0.05, 0) is 37.0 Å². The van der Waals surface area contributed by atoms with Crippen LogP contribution in [-0.4, -0.2) is 35.1 Å². The van der Waals surface area contributed by atoms with Crippen LogP contribution in [0.4, 0.5) is 0 Å². The molecule has 1 aliphatic rings. The molecule has 5 nitrogen and oxygen atoms in total. The van der Waals surface area contributed by atoms with Crippen molar-refractivity contribution in [3.63, 3.8) is 0 Å². The molecule has 3 rings (SSSR count). The predicted octanol–water partition coefficient (Wildman–Crippen LogP) is 2.47. The molecule has 0 aliphatic carbocycles. The summed E-state index contributed by atoms with van der Waals surface area (Å²) in [5.74, 6) is 0. The molecule has 1 aromatic heterocycles. The molecule has 1 saturated heterocycles. The Balaban J connectivity index is 1.88. The monoisotopic (exact) mass is 339 g/mol. The second-order valence-corrected chi connectivity index (χ2v) is 7.75. The highest BCUT2D eigenvalue weighted by Crippen LogP contribution is 2.29. The summed E-state index contributed by atoms with van der Waals surface area (Å²) < 4.78 is 28.7. The third kappa shape index (κ3) is 2.78. The Bertz CT molecular complexity index is 773. The van der Waals surface area contributed by atoms with E-state index in [1.54, 1.807) is 17.4 Å². The van der Waals surface area contributed by atoms with E-state index in [0.29, 0.717) is 18.0 Å². The molecule has 1 unspecified atom stereocenters. The number of rotatable bonds is 4. The standard InChI is InChI=1S/C15H18ClN3O2S/c1-18-15(8-9-17-18)22(20,21)19-10-4-6-13(19)11-12-5-2-3-7-14(12)16/h2-3,5,7-9,13H,4,6,10-11H2,1H3. The van der Waals surface area contributed by atoms with Crippen LogP contribution in [0.15, 0.2) is 41.6 Å². The molecule has 1 fully saturated rings. The van der Waals surface area contributed by atoms with Gasteiger partial charge in [0.2, 0.25) is 0 Å². The summed E-state index contributed by atoms with van der Waals surface area (Å²) in [6, 6.07) is 9.09. The van der Waals surface area contributed by atoms with Gasteiger partial charge in [-0.2, -0.15) is 9.40 Å². The molecule has 0 N–H and O–H groups in total. The number of aryl methyl sites for hydroxylation is 1. The lowest BCUT2D eigenvalue weighted by atomic mass is 10.0. The Labute approximate surface area is 135 Å². The molecule has 118 valence electrons. The van der Waals surface area contributed by atoms with Gasteiger partial charge >= 0.3 is 0 Å². The van der Waals surface area contributed by atoms with Gasteiger partial charge in [-0.3, -0.25) is 4.68 Å². The van der Waals surface area contributed by atoms with Crippen LogP contribution in [0.2, 0.25) is 5.02 Å². The molecule has 1 atom stereocenters. The molecule has 0 spiro atoms. The van der Waals surface area contributed by atoms with Crippen LogP contribution in [0.1, 0.15) is 18.4 Å². The summed E-state index contributed by atoms with van der Waals surface area (Å²) in [6.07, 6.45) is 3.86. The zero-order valence-corrected chi connectivity index (χ0v) is 13.9. The van der Waals surface area contributed by atoms with E-state index in [0.717, 1.165) is 18.4 Å². The second kappa shape index (κ2) is 6.02. The van der Waals surface area contributed by atoms with Gasteiger partial charge in [0.25, 0.3) is 10.0 Å². The van der Waals surface area contributed by atoms with E-state index in [4.69, 9.17) is 11.6 Å². The van der Waals surface area contributed by atoms with Gasteiger partial charge in [-0.1, -0.05) is 29.8 Å². The summed E-state index contributed by atoms with van der Waals surface area (Å²) in [4.78, 5) is 0. The summed E-state index contributed by atoms with van der Waals surface area (Å²) >= 11 is 6.21. The van der Waals surface area contributed by atoms with Crippen LogP contribution in [-0.2, 0) is 23.5 Å². The van der Waals surface area contributed by atoms with E-state index in [9.17, 15) is 8.42 Å². The minimum Gasteiger partial charge on any atom is -0.256 e. The Morgan fingerprint density at radius 3 is 2.77 bits per heavy atom. The Hall–Kier alpha value is -1.37. The molecule has 2 aromatic rings. The van der Waals surface area contributed by atoms with E-state index >= 15 is 0 Å². The average Bonchev–Trinajstić information content (AvgIpc) is 3.10. The fraction of sp³-hybridized carbons (Fsp3) is 0.400. The highest BCUT2D eigenvalue weighted by molar-refractivity contribution is 7.89. The van der Waals surface area contributed by atoms with Crippen LogP contribution in [0, 0.1) is 0 Å². The Morgan fingerprint density at radius 2 is 2.09 bits per heavy atom. The van der Waals surface area contributed by atoms with Crippen LogP contribution in [0.3, 0.4) is 0 Å². The van der Waals surface area contributed by atoms with Crippen LogP contribution < -0.4 is 0 Å². The van der Waals surface area contributed by atoms with E-state index in [-0.39, 0.29) is 11.1 Å². The van der Waals surface area contributed by atoms with Gasteiger partial charge in [0.1, 0.15) is 0 Å². The molecule has 1 aromatic carbocycles. The van der Waals surface area contributed by atoms with Gasteiger partial charge < -0.3 is 0 Å². The predicted molar refractivity (Wildman–Crippen MR) is 85.3 cm³/mol. The van der Waals surface area contributed by atoms with Crippen molar-refractivity contribution in [1.82, 2.24) is 14.1 Å². The summed E-state index contributed by atoms with van der Waals surface area (Å²) in [6.45, 7) is 0.544. The Morgan fingerprint density at radius 1 is 1.32 bits per heavy atom. The van der Waals surface area contributed by atoms with Gasteiger partial charge in [0.05, 0.1) is 6.20 Å². The molecule has 0 radical (unpaired) electrons. The highest BCUT2D eigenvalue weighted by atomic mass is 35.5. The highest BCUT2D eigenvalue weighted by Gasteiger charge is 2.36.